The monoisotopic (exact) mass is 399 g/mol. The molecule has 0 fully saturated rings. The number of rotatable bonds is 8. The van der Waals surface area contributed by atoms with Gasteiger partial charge < -0.3 is 15.0 Å². The van der Waals surface area contributed by atoms with Crippen LogP contribution in [0.5, 0.6) is 0 Å². The SMILES string of the molecule is CCC(C(CC)(C(=O)O)c1c[nH]c2ccccc12)P(=O)(O)Cc1ccccc1. The van der Waals surface area contributed by atoms with Crippen LogP contribution in [0.4, 0.5) is 0 Å². The number of hydrogen-bond acceptors (Lipinski definition) is 2. The zero-order chi connectivity index (χ0) is 20.4. The molecule has 0 amide bonds. The van der Waals surface area contributed by atoms with Crippen molar-refractivity contribution in [3.8, 4) is 0 Å². The first-order chi connectivity index (χ1) is 13.4. The van der Waals surface area contributed by atoms with Gasteiger partial charge in [-0.2, -0.15) is 0 Å². The van der Waals surface area contributed by atoms with Crippen molar-refractivity contribution in [3.63, 3.8) is 0 Å². The van der Waals surface area contributed by atoms with Crippen LogP contribution in [0.3, 0.4) is 0 Å². The highest BCUT2D eigenvalue weighted by Crippen LogP contribution is 2.59. The van der Waals surface area contributed by atoms with Crippen LogP contribution in [0, 0.1) is 0 Å². The van der Waals surface area contributed by atoms with Crippen molar-refractivity contribution in [2.24, 2.45) is 0 Å². The van der Waals surface area contributed by atoms with Crippen LogP contribution in [0.25, 0.3) is 10.9 Å². The van der Waals surface area contributed by atoms with E-state index in [4.69, 9.17) is 0 Å². The average molecular weight is 399 g/mol. The third-order valence-corrected chi connectivity index (χ3v) is 8.30. The number of carboxylic acids is 1. The zero-order valence-electron chi connectivity index (χ0n) is 16.1. The minimum absolute atomic E-state index is 0.0380. The Morgan fingerprint density at radius 2 is 1.75 bits per heavy atom. The van der Waals surface area contributed by atoms with Crippen LogP contribution in [0.2, 0.25) is 0 Å². The quantitative estimate of drug-likeness (QED) is 0.457. The lowest BCUT2D eigenvalue weighted by atomic mass is 9.74. The summed E-state index contributed by atoms with van der Waals surface area (Å²) in [7, 11) is -3.83. The van der Waals surface area contributed by atoms with Crippen molar-refractivity contribution in [3.05, 3.63) is 71.9 Å². The van der Waals surface area contributed by atoms with E-state index in [9.17, 15) is 19.4 Å². The number of hydrogen-bond donors (Lipinski definition) is 3. The Bertz CT molecular complexity index is 1010. The Hall–Kier alpha value is -2.36. The predicted octanol–water partition coefficient (Wildman–Crippen LogP) is 5.15. The smallest absolute Gasteiger partial charge is 0.315 e. The number of nitrogens with one attached hydrogen (secondary N) is 1. The minimum Gasteiger partial charge on any atom is -0.481 e. The van der Waals surface area contributed by atoms with E-state index >= 15 is 0 Å². The van der Waals surface area contributed by atoms with Crippen LogP contribution in [0.1, 0.15) is 37.8 Å². The van der Waals surface area contributed by atoms with Gasteiger partial charge in [0.15, 0.2) is 0 Å². The van der Waals surface area contributed by atoms with Gasteiger partial charge in [-0.1, -0.05) is 62.4 Å². The third kappa shape index (κ3) is 3.41. The van der Waals surface area contributed by atoms with Crippen LogP contribution < -0.4 is 0 Å². The van der Waals surface area contributed by atoms with Crippen molar-refractivity contribution in [1.29, 1.82) is 0 Å². The molecule has 3 rings (SSSR count). The summed E-state index contributed by atoms with van der Waals surface area (Å²) in [5.74, 6) is -1.06. The van der Waals surface area contributed by atoms with Crippen molar-refractivity contribution in [2.75, 3.05) is 0 Å². The number of para-hydroxylation sites is 1. The molecular weight excluding hydrogens is 373 g/mol. The molecule has 3 unspecified atom stereocenters. The molecule has 0 aliphatic heterocycles. The third-order valence-electron chi connectivity index (χ3n) is 5.70. The molecule has 1 aromatic heterocycles. The Morgan fingerprint density at radius 1 is 1.11 bits per heavy atom. The van der Waals surface area contributed by atoms with E-state index in [-0.39, 0.29) is 12.6 Å². The number of aromatic nitrogens is 1. The van der Waals surface area contributed by atoms with Gasteiger partial charge in [-0.05, 0) is 30.0 Å². The highest BCUT2D eigenvalue weighted by Gasteiger charge is 2.53. The van der Waals surface area contributed by atoms with E-state index in [0.29, 0.717) is 12.0 Å². The van der Waals surface area contributed by atoms with Crippen LogP contribution in [0.15, 0.2) is 60.8 Å². The van der Waals surface area contributed by atoms with Gasteiger partial charge in [0.25, 0.3) is 0 Å². The van der Waals surface area contributed by atoms with E-state index < -0.39 is 24.4 Å². The van der Waals surface area contributed by atoms with E-state index in [1.54, 1.807) is 32.2 Å². The highest BCUT2D eigenvalue weighted by molar-refractivity contribution is 7.58. The summed E-state index contributed by atoms with van der Waals surface area (Å²) in [5.41, 5.74) is -0.217. The van der Waals surface area contributed by atoms with Crippen LogP contribution >= 0.6 is 7.37 Å². The number of benzene rings is 2. The van der Waals surface area contributed by atoms with Crippen molar-refractivity contribution in [1.82, 2.24) is 4.98 Å². The second-order valence-corrected chi connectivity index (χ2v) is 9.65. The van der Waals surface area contributed by atoms with Crippen molar-refractivity contribution >= 4 is 24.2 Å². The van der Waals surface area contributed by atoms with Gasteiger partial charge in [0.1, 0.15) is 5.41 Å². The normalized spacial score (nSPS) is 17.0. The lowest BCUT2D eigenvalue weighted by molar-refractivity contribution is -0.144. The Balaban J connectivity index is 2.16. The molecule has 0 saturated heterocycles. The molecule has 6 heteroatoms. The molecule has 3 aromatic rings. The molecule has 3 N–H and O–H groups in total. The predicted molar refractivity (Wildman–Crippen MR) is 112 cm³/mol. The number of H-pyrrole nitrogens is 1. The summed E-state index contributed by atoms with van der Waals surface area (Å²) >= 11 is 0. The Morgan fingerprint density at radius 3 is 2.36 bits per heavy atom. The summed E-state index contributed by atoms with van der Waals surface area (Å²) in [6, 6.07) is 16.6. The molecule has 0 spiro atoms. The van der Waals surface area contributed by atoms with E-state index in [0.717, 1.165) is 16.5 Å². The van der Waals surface area contributed by atoms with Crippen LogP contribution in [-0.4, -0.2) is 26.6 Å². The van der Waals surface area contributed by atoms with E-state index in [1.165, 1.54) is 0 Å². The molecule has 2 aromatic carbocycles. The van der Waals surface area contributed by atoms with Gasteiger partial charge in [0.05, 0.1) is 5.66 Å². The lowest BCUT2D eigenvalue weighted by Gasteiger charge is -2.38. The molecule has 5 nitrogen and oxygen atoms in total. The summed E-state index contributed by atoms with van der Waals surface area (Å²) in [6.45, 7) is 3.57. The summed E-state index contributed by atoms with van der Waals surface area (Å²) in [4.78, 5) is 26.9. The molecule has 3 atom stereocenters. The first-order valence-electron chi connectivity index (χ1n) is 9.52. The molecule has 0 radical (unpaired) electrons. The van der Waals surface area contributed by atoms with Gasteiger partial charge >= 0.3 is 5.97 Å². The number of aromatic amines is 1. The standard InChI is InChI=1S/C22H26NO4P/c1-3-20(28(26,27)15-16-10-6-5-7-11-16)22(4-2,21(24)25)18-14-23-19-13-9-8-12-17(18)19/h5-14,20,23H,3-4,15H2,1-2H3,(H,24,25)(H,26,27). The summed E-state index contributed by atoms with van der Waals surface area (Å²) in [5, 5.41) is 11.1. The van der Waals surface area contributed by atoms with Crippen molar-refractivity contribution < 1.29 is 19.4 Å². The fraction of sp³-hybridized carbons (Fsp3) is 0.318. The molecule has 0 aliphatic rings. The van der Waals surface area contributed by atoms with Gasteiger partial charge in [0.2, 0.25) is 7.37 Å². The first kappa shape index (κ1) is 20.4. The van der Waals surface area contributed by atoms with E-state index in [2.05, 4.69) is 4.98 Å². The minimum atomic E-state index is -3.83. The van der Waals surface area contributed by atoms with Crippen LogP contribution in [-0.2, 0) is 20.9 Å². The van der Waals surface area contributed by atoms with E-state index in [1.807, 2.05) is 42.5 Å². The lowest BCUT2D eigenvalue weighted by Crippen LogP contribution is -2.46. The molecule has 0 aliphatic carbocycles. The Labute approximate surface area is 164 Å². The molecule has 148 valence electrons. The van der Waals surface area contributed by atoms with Gasteiger partial charge in [0, 0.05) is 23.3 Å². The summed E-state index contributed by atoms with van der Waals surface area (Å²) in [6.07, 6.45) is 2.17. The highest BCUT2D eigenvalue weighted by atomic mass is 31.2. The second-order valence-electron chi connectivity index (χ2n) is 7.20. The molecular formula is C22H26NO4P. The second kappa shape index (κ2) is 7.94. The number of aliphatic carboxylic acids is 1. The van der Waals surface area contributed by atoms with Gasteiger partial charge in [-0.15, -0.1) is 0 Å². The summed E-state index contributed by atoms with van der Waals surface area (Å²) < 4.78 is 13.5. The maximum Gasteiger partial charge on any atom is 0.315 e. The first-order valence-corrected chi connectivity index (χ1v) is 11.4. The topological polar surface area (TPSA) is 90.4 Å². The van der Waals surface area contributed by atoms with Gasteiger partial charge in [-0.25, -0.2) is 0 Å². The molecule has 0 saturated carbocycles. The maximum atomic E-state index is 13.5. The zero-order valence-corrected chi connectivity index (χ0v) is 17.0. The van der Waals surface area contributed by atoms with Gasteiger partial charge in [-0.3, -0.25) is 9.36 Å². The fourth-order valence-electron chi connectivity index (χ4n) is 4.39. The fourth-order valence-corrected chi connectivity index (χ4v) is 7.03. The molecule has 1 heterocycles. The Kier molecular flexibility index (Phi) is 5.78. The molecule has 28 heavy (non-hydrogen) atoms. The number of carboxylic acid groups (broad SMARTS) is 1. The number of fused-ring (bicyclic) bond motifs is 1. The largest absolute Gasteiger partial charge is 0.481 e. The average Bonchev–Trinajstić information content (AvgIpc) is 3.10. The molecule has 0 bridgehead atoms. The maximum absolute atomic E-state index is 13.5. The van der Waals surface area contributed by atoms with Crippen molar-refractivity contribution in [2.45, 2.75) is 43.9 Å². The number of carbonyl (C=O) groups is 1.